The molecule has 100 valence electrons. The fraction of sp³-hybridized carbons (Fsp3) is 0.133. The molecule has 2 aromatic carbocycles. The van der Waals surface area contributed by atoms with Crippen molar-refractivity contribution >= 4 is 17.0 Å². The number of aromatic carboxylic acids is 1. The van der Waals surface area contributed by atoms with Crippen molar-refractivity contribution in [1.29, 1.82) is 0 Å². The number of fused-ring (bicyclic) bond motifs is 1. The third-order valence-electron chi connectivity index (χ3n) is 3.23. The lowest BCUT2D eigenvalue weighted by atomic mass is 10.1. The Balaban J connectivity index is 2.03. The molecule has 0 aliphatic heterocycles. The maximum Gasteiger partial charge on any atom is 0.338 e. The maximum atomic E-state index is 11.1. The third kappa shape index (κ3) is 2.14. The summed E-state index contributed by atoms with van der Waals surface area (Å²) in [5.41, 5.74) is 3.63. The zero-order chi connectivity index (χ0) is 14.1. The van der Waals surface area contributed by atoms with E-state index in [2.05, 4.69) is 10.3 Å². The lowest BCUT2D eigenvalue weighted by Crippen LogP contribution is -2.02. The van der Waals surface area contributed by atoms with E-state index in [0.717, 1.165) is 11.1 Å². The highest BCUT2D eigenvalue weighted by Gasteiger charge is 2.13. The Hall–Kier alpha value is -2.69. The second kappa shape index (κ2) is 4.77. The lowest BCUT2D eigenvalue weighted by molar-refractivity contribution is 0.0699. The van der Waals surface area contributed by atoms with Gasteiger partial charge in [-0.15, -0.1) is 5.10 Å². The molecule has 0 spiro atoms. The quantitative estimate of drug-likeness (QED) is 0.791. The van der Waals surface area contributed by atoms with Crippen LogP contribution in [0.3, 0.4) is 0 Å². The van der Waals surface area contributed by atoms with E-state index in [0.29, 0.717) is 12.1 Å². The van der Waals surface area contributed by atoms with E-state index in [1.807, 2.05) is 37.3 Å². The van der Waals surface area contributed by atoms with Gasteiger partial charge in [0.2, 0.25) is 0 Å². The molecule has 0 fully saturated rings. The summed E-state index contributed by atoms with van der Waals surface area (Å²) in [6, 6.07) is 13.2. The minimum Gasteiger partial charge on any atom is -0.478 e. The smallest absolute Gasteiger partial charge is 0.338 e. The van der Waals surface area contributed by atoms with Crippen LogP contribution in [0.15, 0.2) is 42.5 Å². The summed E-state index contributed by atoms with van der Waals surface area (Å²) < 4.78 is 1.71. The van der Waals surface area contributed by atoms with Gasteiger partial charge in [-0.1, -0.05) is 41.1 Å². The van der Waals surface area contributed by atoms with Crippen LogP contribution in [-0.4, -0.2) is 26.1 Å². The van der Waals surface area contributed by atoms with E-state index in [9.17, 15) is 4.79 Å². The molecule has 0 aliphatic rings. The van der Waals surface area contributed by atoms with E-state index in [1.165, 1.54) is 11.6 Å². The molecule has 0 unspecified atom stereocenters. The number of carboxylic acids is 1. The van der Waals surface area contributed by atoms with Crippen LogP contribution in [0.5, 0.6) is 0 Å². The molecule has 0 amide bonds. The number of benzene rings is 2. The molecule has 0 bridgehead atoms. The van der Waals surface area contributed by atoms with E-state index >= 15 is 0 Å². The summed E-state index contributed by atoms with van der Waals surface area (Å²) in [5, 5.41) is 17.2. The average Bonchev–Trinajstić information content (AvgIpc) is 2.84. The van der Waals surface area contributed by atoms with Gasteiger partial charge in [0.25, 0.3) is 0 Å². The predicted molar refractivity (Wildman–Crippen MR) is 74.8 cm³/mol. The number of rotatable bonds is 3. The van der Waals surface area contributed by atoms with Crippen molar-refractivity contribution in [3.8, 4) is 0 Å². The highest BCUT2D eigenvalue weighted by Crippen LogP contribution is 2.17. The fourth-order valence-electron chi connectivity index (χ4n) is 2.15. The molecule has 0 radical (unpaired) electrons. The first-order valence-electron chi connectivity index (χ1n) is 6.26. The molecule has 3 rings (SSSR count). The number of aromatic nitrogens is 3. The summed E-state index contributed by atoms with van der Waals surface area (Å²) in [4.78, 5) is 11.1. The second-order valence-electron chi connectivity index (χ2n) is 4.71. The van der Waals surface area contributed by atoms with Crippen molar-refractivity contribution < 1.29 is 9.90 Å². The van der Waals surface area contributed by atoms with Crippen LogP contribution >= 0.6 is 0 Å². The predicted octanol–water partition coefficient (Wildman–Crippen LogP) is 2.49. The first-order chi connectivity index (χ1) is 9.65. The van der Waals surface area contributed by atoms with Crippen LogP contribution in [0.25, 0.3) is 11.0 Å². The SMILES string of the molecule is Cc1ccc(Cn2nnc3c(C(=O)O)cccc32)cc1. The Morgan fingerprint density at radius 1 is 1.20 bits per heavy atom. The van der Waals surface area contributed by atoms with Gasteiger partial charge in [-0.25, -0.2) is 9.48 Å². The first kappa shape index (κ1) is 12.3. The van der Waals surface area contributed by atoms with Gasteiger partial charge in [0.15, 0.2) is 0 Å². The van der Waals surface area contributed by atoms with Gasteiger partial charge in [0.05, 0.1) is 17.6 Å². The monoisotopic (exact) mass is 267 g/mol. The summed E-state index contributed by atoms with van der Waals surface area (Å²) >= 11 is 0. The van der Waals surface area contributed by atoms with E-state index in [1.54, 1.807) is 10.7 Å². The van der Waals surface area contributed by atoms with Gasteiger partial charge >= 0.3 is 5.97 Å². The van der Waals surface area contributed by atoms with Crippen molar-refractivity contribution in [3.63, 3.8) is 0 Å². The fourth-order valence-corrected chi connectivity index (χ4v) is 2.15. The van der Waals surface area contributed by atoms with Gasteiger partial charge in [-0.05, 0) is 24.6 Å². The summed E-state index contributed by atoms with van der Waals surface area (Å²) in [6.45, 7) is 2.60. The largest absolute Gasteiger partial charge is 0.478 e. The van der Waals surface area contributed by atoms with Crippen LogP contribution in [0.1, 0.15) is 21.5 Å². The molecule has 3 aromatic rings. The second-order valence-corrected chi connectivity index (χ2v) is 4.71. The molecule has 0 saturated carbocycles. The summed E-state index contributed by atoms with van der Waals surface area (Å²) in [7, 11) is 0. The Morgan fingerprint density at radius 3 is 2.65 bits per heavy atom. The molecular formula is C15H13N3O2. The van der Waals surface area contributed by atoms with Gasteiger partial charge in [-0.2, -0.15) is 0 Å². The van der Waals surface area contributed by atoms with Gasteiger partial charge in [0, 0.05) is 0 Å². The molecule has 20 heavy (non-hydrogen) atoms. The van der Waals surface area contributed by atoms with Crippen LogP contribution < -0.4 is 0 Å². The Morgan fingerprint density at radius 2 is 1.95 bits per heavy atom. The highest BCUT2D eigenvalue weighted by molar-refractivity contribution is 6.00. The minimum atomic E-state index is -0.988. The number of aryl methyl sites for hydroxylation is 1. The number of carbonyl (C=O) groups is 1. The van der Waals surface area contributed by atoms with Crippen LogP contribution in [0, 0.1) is 6.92 Å². The van der Waals surface area contributed by atoms with Gasteiger partial charge < -0.3 is 5.11 Å². The van der Waals surface area contributed by atoms with Gasteiger partial charge in [0.1, 0.15) is 5.52 Å². The molecule has 5 heteroatoms. The third-order valence-corrected chi connectivity index (χ3v) is 3.23. The molecule has 0 atom stereocenters. The van der Waals surface area contributed by atoms with Gasteiger partial charge in [-0.3, -0.25) is 0 Å². The molecule has 0 saturated heterocycles. The number of hydrogen-bond donors (Lipinski definition) is 1. The first-order valence-corrected chi connectivity index (χ1v) is 6.26. The van der Waals surface area contributed by atoms with E-state index < -0.39 is 5.97 Å². The molecule has 5 nitrogen and oxygen atoms in total. The Labute approximate surface area is 115 Å². The van der Waals surface area contributed by atoms with Crippen molar-refractivity contribution in [3.05, 3.63) is 59.2 Å². The van der Waals surface area contributed by atoms with Crippen molar-refractivity contribution in [2.45, 2.75) is 13.5 Å². The topological polar surface area (TPSA) is 68.0 Å². The maximum absolute atomic E-state index is 11.1. The summed E-state index contributed by atoms with van der Waals surface area (Å²) in [5.74, 6) is -0.988. The lowest BCUT2D eigenvalue weighted by Gasteiger charge is -2.03. The zero-order valence-electron chi connectivity index (χ0n) is 10.9. The molecule has 0 aliphatic carbocycles. The molecule has 1 aromatic heterocycles. The zero-order valence-corrected chi connectivity index (χ0v) is 10.9. The van der Waals surface area contributed by atoms with E-state index in [4.69, 9.17) is 5.11 Å². The van der Waals surface area contributed by atoms with E-state index in [-0.39, 0.29) is 5.56 Å². The Kier molecular flexibility index (Phi) is 2.95. The number of carboxylic acid groups (broad SMARTS) is 1. The average molecular weight is 267 g/mol. The van der Waals surface area contributed by atoms with Crippen molar-refractivity contribution in [1.82, 2.24) is 15.0 Å². The number of nitrogens with zero attached hydrogens (tertiary/aromatic N) is 3. The van der Waals surface area contributed by atoms with Crippen molar-refractivity contribution in [2.24, 2.45) is 0 Å². The highest BCUT2D eigenvalue weighted by atomic mass is 16.4. The Bertz CT molecular complexity index is 775. The summed E-state index contributed by atoms with van der Waals surface area (Å²) in [6.07, 6.45) is 0. The van der Waals surface area contributed by atoms with Crippen LogP contribution in [-0.2, 0) is 6.54 Å². The van der Waals surface area contributed by atoms with Crippen molar-refractivity contribution in [2.75, 3.05) is 0 Å². The molecule has 1 heterocycles. The minimum absolute atomic E-state index is 0.178. The normalized spacial score (nSPS) is 10.8. The van der Waals surface area contributed by atoms with Crippen LogP contribution in [0.2, 0.25) is 0 Å². The molecule has 1 N–H and O–H groups in total. The van der Waals surface area contributed by atoms with Crippen LogP contribution in [0.4, 0.5) is 0 Å². The number of hydrogen-bond acceptors (Lipinski definition) is 3. The standard InChI is InChI=1S/C15H13N3O2/c1-10-5-7-11(8-6-10)9-18-13-4-2-3-12(15(19)20)14(13)16-17-18/h2-8H,9H2,1H3,(H,19,20). The molecular weight excluding hydrogens is 254 g/mol.